The van der Waals surface area contributed by atoms with Gasteiger partial charge in [0.05, 0.1) is 0 Å². The number of carbonyl (C=O) groups is 3. The number of carboxylic acids is 3. The highest BCUT2D eigenvalue weighted by atomic mass is 16.4. The van der Waals surface area contributed by atoms with Gasteiger partial charge in [-0.05, 0) is 24.1 Å². The molecule has 10 heteroatoms. The topological polar surface area (TPSA) is 199 Å². The third-order valence-electron chi connectivity index (χ3n) is 2.51. The summed E-state index contributed by atoms with van der Waals surface area (Å²) >= 11 is 0. The van der Waals surface area contributed by atoms with E-state index in [1.54, 1.807) is 12.1 Å². The summed E-state index contributed by atoms with van der Waals surface area (Å²) in [7, 11) is 0. The number of carboxylic acid groups (broad SMARTS) is 3. The van der Waals surface area contributed by atoms with Gasteiger partial charge in [-0.15, -0.1) is 0 Å². The molecule has 0 radical (unpaired) electrons. The van der Waals surface area contributed by atoms with Crippen LogP contribution < -0.4 is 5.73 Å². The molecule has 0 aromatic heterocycles. The monoisotopic (exact) mass is 331 g/mol. The van der Waals surface area contributed by atoms with E-state index in [1.165, 1.54) is 12.1 Å². The Kier molecular flexibility index (Phi) is 8.26. The quantitative estimate of drug-likeness (QED) is 0.313. The first-order chi connectivity index (χ1) is 10.6. The predicted molar refractivity (Wildman–Crippen MR) is 74.7 cm³/mol. The summed E-state index contributed by atoms with van der Waals surface area (Å²) in [6, 6.07) is 5.42. The van der Waals surface area contributed by atoms with Crippen molar-refractivity contribution in [2.24, 2.45) is 5.73 Å². The Morgan fingerprint density at radius 3 is 1.57 bits per heavy atom. The van der Waals surface area contributed by atoms with Crippen molar-refractivity contribution in [3.8, 4) is 5.75 Å². The molecule has 0 spiro atoms. The van der Waals surface area contributed by atoms with Gasteiger partial charge < -0.3 is 36.4 Å². The molecule has 8 N–H and O–H groups in total. The van der Waals surface area contributed by atoms with Crippen molar-refractivity contribution < 1.29 is 45.0 Å². The van der Waals surface area contributed by atoms with Crippen LogP contribution in [0.25, 0.3) is 0 Å². The molecule has 3 atom stereocenters. The lowest BCUT2D eigenvalue weighted by Gasteiger charge is -2.07. The van der Waals surface area contributed by atoms with E-state index < -0.39 is 36.2 Å². The lowest BCUT2D eigenvalue weighted by molar-refractivity contribution is -0.165. The number of phenols is 1. The number of hydrogen-bond donors (Lipinski definition) is 7. The summed E-state index contributed by atoms with van der Waals surface area (Å²) in [5.41, 5.74) is 6.12. The maximum atomic E-state index is 10.4. The van der Waals surface area contributed by atoms with Gasteiger partial charge in [0.15, 0.2) is 12.2 Å². The second kappa shape index (κ2) is 9.35. The van der Waals surface area contributed by atoms with Crippen LogP contribution in [0.3, 0.4) is 0 Å². The summed E-state index contributed by atoms with van der Waals surface area (Å²) in [5, 5.41) is 50.0. The smallest absolute Gasteiger partial charge is 0.335 e. The fourth-order valence-electron chi connectivity index (χ4n) is 1.24. The highest BCUT2D eigenvalue weighted by molar-refractivity contribution is 5.83. The third kappa shape index (κ3) is 7.76. The summed E-state index contributed by atoms with van der Waals surface area (Å²) in [6.45, 7) is 0. The van der Waals surface area contributed by atoms with Gasteiger partial charge >= 0.3 is 17.9 Å². The Labute approximate surface area is 130 Å². The zero-order valence-electron chi connectivity index (χ0n) is 11.7. The summed E-state index contributed by atoms with van der Waals surface area (Å²) in [6.07, 6.45) is -4.26. The number of aliphatic hydroxyl groups is 2. The largest absolute Gasteiger partial charge is 0.508 e. The minimum atomic E-state index is -2.27. The first-order valence-corrected chi connectivity index (χ1v) is 6.14. The van der Waals surface area contributed by atoms with E-state index in [-0.39, 0.29) is 12.2 Å². The average molecular weight is 331 g/mol. The molecule has 0 aliphatic heterocycles. The molecule has 128 valence electrons. The fourth-order valence-corrected chi connectivity index (χ4v) is 1.24. The minimum Gasteiger partial charge on any atom is -0.508 e. The van der Waals surface area contributed by atoms with Crippen LogP contribution in [0.4, 0.5) is 0 Å². The molecule has 0 aliphatic carbocycles. The van der Waals surface area contributed by atoms with Crippen molar-refractivity contribution >= 4 is 17.9 Å². The second-order valence-corrected chi connectivity index (χ2v) is 4.38. The van der Waals surface area contributed by atoms with Gasteiger partial charge in [0, 0.05) is 0 Å². The summed E-state index contributed by atoms with van der Waals surface area (Å²) in [5.74, 6) is -4.40. The van der Waals surface area contributed by atoms with Crippen LogP contribution in [-0.2, 0) is 20.8 Å². The van der Waals surface area contributed by atoms with E-state index in [9.17, 15) is 14.4 Å². The van der Waals surface area contributed by atoms with Gasteiger partial charge in [0.2, 0.25) is 0 Å². The molecule has 10 nitrogen and oxygen atoms in total. The Morgan fingerprint density at radius 1 is 0.870 bits per heavy atom. The van der Waals surface area contributed by atoms with Gasteiger partial charge in [-0.1, -0.05) is 12.1 Å². The van der Waals surface area contributed by atoms with Crippen LogP contribution in [0.5, 0.6) is 5.75 Å². The Morgan fingerprint density at radius 2 is 1.26 bits per heavy atom. The van der Waals surface area contributed by atoms with Crippen LogP contribution in [-0.4, -0.2) is 66.8 Å². The van der Waals surface area contributed by atoms with Crippen molar-refractivity contribution in [1.29, 1.82) is 0 Å². The number of aromatic hydroxyl groups is 1. The van der Waals surface area contributed by atoms with Crippen LogP contribution >= 0.6 is 0 Å². The zero-order chi connectivity index (χ0) is 18.2. The molecule has 1 rings (SSSR count). The molecule has 1 aromatic carbocycles. The maximum absolute atomic E-state index is 10.4. The lowest BCUT2D eigenvalue weighted by atomic mass is 10.1. The first kappa shape index (κ1) is 20.3. The summed E-state index contributed by atoms with van der Waals surface area (Å²) in [4.78, 5) is 29.9. The van der Waals surface area contributed by atoms with E-state index in [0.717, 1.165) is 5.56 Å². The molecule has 0 aliphatic rings. The SMILES string of the molecule is N[C@@H](Cc1ccc(O)cc1)C(=O)O.O=C(O)C(O)C(O)C(=O)O. The number of phenolic OH excluding ortho intramolecular Hbond substituents is 1. The molecule has 0 bridgehead atoms. The molecule has 1 aromatic rings. The number of aliphatic carboxylic acids is 3. The van der Waals surface area contributed by atoms with Gasteiger partial charge in [-0.25, -0.2) is 9.59 Å². The second-order valence-electron chi connectivity index (χ2n) is 4.38. The van der Waals surface area contributed by atoms with E-state index in [2.05, 4.69) is 0 Å². The van der Waals surface area contributed by atoms with Crippen molar-refractivity contribution in [2.45, 2.75) is 24.7 Å². The highest BCUT2D eigenvalue weighted by Crippen LogP contribution is 2.10. The van der Waals surface area contributed by atoms with E-state index >= 15 is 0 Å². The number of aliphatic hydroxyl groups excluding tert-OH is 2. The molecular weight excluding hydrogens is 314 g/mol. The van der Waals surface area contributed by atoms with Gasteiger partial charge in [0.1, 0.15) is 11.8 Å². The van der Waals surface area contributed by atoms with E-state index in [0.29, 0.717) is 0 Å². The number of rotatable bonds is 6. The third-order valence-corrected chi connectivity index (χ3v) is 2.51. The molecule has 0 saturated carbocycles. The number of benzene rings is 1. The first-order valence-electron chi connectivity index (χ1n) is 6.14. The fraction of sp³-hybridized carbons (Fsp3) is 0.308. The lowest BCUT2D eigenvalue weighted by Crippen LogP contribution is -2.39. The van der Waals surface area contributed by atoms with Gasteiger partial charge in [0.25, 0.3) is 0 Å². The normalized spacial score (nSPS) is 13.9. The average Bonchev–Trinajstić information content (AvgIpc) is 2.48. The van der Waals surface area contributed by atoms with Crippen molar-refractivity contribution in [2.75, 3.05) is 0 Å². The molecular formula is C13H17NO9. The molecule has 0 fully saturated rings. The highest BCUT2D eigenvalue weighted by Gasteiger charge is 2.29. The van der Waals surface area contributed by atoms with Gasteiger partial charge in [-0.2, -0.15) is 0 Å². The molecule has 23 heavy (non-hydrogen) atoms. The minimum absolute atomic E-state index is 0.160. The predicted octanol–water partition coefficient (Wildman–Crippen LogP) is -1.78. The van der Waals surface area contributed by atoms with Crippen LogP contribution in [0, 0.1) is 0 Å². The standard InChI is InChI=1S/C9H11NO3.C4H6O6/c10-8(9(12)13)5-6-1-3-7(11)4-2-6;5-1(3(7)8)2(6)4(9)10/h1-4,8,11H,5,10H2,(H,12,13);1-2,5-6H,(H,7,8)(H,9,10)/t8-;/m0./s1. The van der Waals surface area contributed by atoms with Crippen LogP contribution in [0.2, 0.25) is 0 Å². The molecule has 0 heterocycles. The Hall–Kier alpha value is -2.69. The van der Waals surface area contributed by atoms with Gasteiger partial charge in [-0.3, -0.25) is 4.79 Å². The molecule has 0 amide bonds. The van der Waals surface area contributed by atoms with Crippen molar-refractivity contribution in [3.05, 3.63) is 29.8 Å². The maximum Gasteiger partial charge on any atom is 0.335 e. The summed E-state index contributed by atoms with van der Waals surface area (Å²) < 4.78 is 0. The zero-order valence-corrected chi connectivity index (χ0v) is 11.7. The number of hydrogen-bond acceptors (Lipinski definition) is 7. The van der Waals surface area contributed by atoms with Crippen LogP contribution in [0.1, 0.15) is 5.56 Å². The van der Waals surface area contributed by atoms with Crippen molar-refractivity contribution in [3.63, 3.8) is 0 Å². The number of nitrogens with two attached hydrogens (primary N) is 1. The van der Waals surface area contributed by atoms with Crippen LogP contribution in [0.15, 0.2) is 24.3 Å². The molecule has 0 saturated heterocycles. The van der Waals surface area contributed by atoms with E-state index in [1.807, 2.05) is 0 Å². The Bertz CT molecular complexity index is 525. The Balaban J connectivity index is 0.000000438. The van der Waals surface area contributed by atoms with Crippen molar-refractivity contribution in [1.82, 2.24) is 0 Å². The molecule has 2 unspecified atom stereocenters. The van der Waals surface area contributed by atoms with E-state index in [4.69, 9.17) is 36.4 Å².